The summed E-state index contributed by atoms with van der Waals surface area (Å²) >= 11 is 0. The van der Waals surface area contributed by atoms with Crippen LogP contribution in [0.2, 0.25) is 0 Å². The van der Waals surface area contributed by atoms with Gasteiger partial charge in [-0.1, -0.05) is 24.3 Å². The summed E-state index contributed by atoms with van der Waals surface area (Å²) in [7, 11) is 1.64. The minimum Gasteiger partial charge on any atom is -0.497 e. The zero-order valence-corrected chi connectivity index (χ0v) is 13.7. The maximum Gasteiger partial charge on any atom is 0.220 e. The molecule has 0 radical (unpaired) electrons. The van der Waals surface area contributed by atoms with Gasteiger partial charge in [-0.15, -0.1) is 0 Å². The highest BCUT2D eigenvalue weighted by atomic mass is 16.6. The van der Waals surface area contributed by atoms with Crippen LogP contribution in [-0.2, 0) is 11.2 Å². The summed E-state index contributed by atoms with van der Waals surface area (Å²) in [6.45, 7) is 0.873. The van der Waals surface area contributed by atoms with Crippen LogP contribution in [-0.4, -0.2) is 32.3 Å². The third-order valence-corrected chi connectivity index (χ3v) is 3.87. The van der Waals surface area contributed by atoms with Crippen molar-refractivity contribution in [2.45, 2.75) is 18.9 Å². The lowest BCUT2D eigenvalue weighted by Gasteiger charge is -2.26. The van der Waals surface area contributed by atoms with Gasteiger partial charge >= 0.3 is 0 Å². The Bertz CT molecular complexity index is 701. The summed E-state index contributed by atoms with van der Waals surface area (Å²) in [6.07, 6.45) is 0.936. The minimum atomic E-state index is -0.166. The van der Waals surface area contributed by atoms with Gasteiger partial charge in [-0.05, 0) is 36.2 Å². The molecule has 1 aliphatic heterocycles. The van der Waals surface area contributed by atoms with Crippen LogP contribution in [0.15, 0.2) is 48.5 Å². The Hall–Kier alpha value is -2.69. The van der Waals surface area contributed by atoms with Crippen molar-refractivity contribution in [3.63, 3.8) is 0 Å². The largest absolute Gasteiger partial charge is 0.497 e. The van der Waals surface area contributed by atoms with E-state index in [0.29, 0.717) is 26.0 Å². The van der Waals surface area contributed by atoms with E-state index in [1.165, 1.54) is 0 Å². The first-order valence-corrected chi connectivity index (χ1v) is 8.02. The Morgan fingerprint density at radius 2 is 2.04 bits per heavy atom. The molecular formula is C19H21NO4. The van der Waals surface area contributed by atoms with Crippen molar-refractivity contribution < 1.29 is 19.0 Å². The number of carbonyl (C=O) groups is 1. The Morgan fingerprint density at radius 1 is 1.21 bits per heavy atom. The van der Waals surface area contributed by atoms with E-state index in [-0.39, 0.29) is 12.0 Å². The second kappa shape index (κ2) is 7.73. The monoisotopic (exact) mass is 327 g/mol. The number of nitrogens with one attached hydrogen (secondary N) is 1. The van der Waals surface area contributed by atoms with Crippen LogP contribution in [0.3, 0.4) is 0 Å². The van der Waals surface area contributed by atoms with E-state index in [0.717, 1.165) is 22.8 Å². The third kappa shape index (κ3) is 4.19. The molecule has 0 aliphatic carbocycles. The third-order valence-electron chi connectivity index (χ3n) is 3.87. The Balaban J connectivity index is 1.43. The molecule has 5 heteroatoms. The lowest BCUT2D eigenvalue weighted by molar-refractivity contribution is -0.121. The predicted octanol–water partition coefficient (Wildman–Crippen LogP) is 2.58. The molecule has 0 aromatic heterocycles. The molecule has 1 atom stereocenters. The fraction of sp³-hybridized carbons (Fsp3) is 0.316. The summed E-state index contributed by atoms with van der Waals surface area (Å²) < 4.78 is 16.6. The van der Waals surface area contributed by atoms with Gasteiger partial charge in [0.2, 0.25) is 5.91 Å². The van der Waals surface area contributed by atoms with Crippen molar-refractivity contribution in [3.05, 3.63) is 54.1 Å². The van der Waals surface area contributed by atoms with E-state index < -0.39 is 0 Å². The van der Waals surface area contributed by atoms with Gasteiger partial charge in [-0.25, -0.2) is 0 Å². The molecule has 126 valence electrons. The van der Waals surface area contributed by atoms with Crippen molar-refractivity contribution in [1.29, 1.82) is 0 Å². The average molecular weight is 327 g/mol. The number of methoxy groups -OCH3 is 1. The molecule has 1 unspecified atom stereocenters. The van der Waals surface area contributed by atoms with E-state index in [1.54, 1.807) is 7.11 Å². The molecule has 24 heavy (non-hydrogen) atoms. The van der Waals surface area contributed by atoms with Crippen LogP contribution in [0, 0.1) is 0 Å². The number of carbonyl (C=O) groups excluding carboxylic acids is 1. The molecule has 0 saturated carbocycles. The molecule has 1 aliphatic rings. The number of amides is 1. The molecular weight excluding hydrogens is 306 g/mol. The quantitative estimate of drug-likeness (QED) is 0.886. The molecule has 1 N–H and O–H groups in total. The van der Waals surface area contributed by atoms with Crippen molar-refractivity contribution in [3.8, 4) is 17.2 Å². The molecule has 2 aromatic carbocycles. The normalized spacial score (nSPS) is 15.6. The lowest BCUT2D eigenvalue weighted by atomic mass is 10.1. The topological polar surface area (TPSA) is 56.8 Å². The molecule has 0 bridgehead atoms. The fourth-order valence-electron chi connectivity index (χ4n) is 2.57. The number of benzene rings is 2. The zero-order chi connectivity index (χ0) is 16.8. The van der Waals surface area contributed by atoms with Crippen LogP contribution in [0.5, 0.6) is 17.2 Å². The highest BCUT2D eigenvalue weighted by molar-refractivity contribution is 5.76. The standard InChI is InChI=1S/C19H21NO4/c1-22-15-6-4-5-14(11-15)9-10-19(21)20-12-16-13-23-17-7-2-3-8-18(17)24-16/h2-8,11,16H,9-10,12-13H2,1H3,(H,20,21). The number of hydrogen-bond acceptors (Lipinski definition) is 4. The predicted molar refractivity (Wildman–Crippen MR) is 90.7 cm³/mol. The summed E-state index contributed by atoms with van der Waals surface area (Å²) in [5.41, 5.74) is 1.08. The van der Waals surface area contributed by atoms with Gasteiger partial charge in [0, 0.05) is 6.42 Å². The van der Waals surface area contributed by atoms with Crippen LogP contribution in [0.4, 0.5) is 0 Å². The Morgan fingerprint density at radius 3 is 2.88 bits per heavy atom. The minimum absolute atomic E-state index is 0.000258. The molecule has 1 amide bonds. The number of rotatable bonds is 6. The molecule has 0 saturated heterocycles. The van der Waals surface area contributed by atoms with E-state index >= 15 is 0 Å². The summed E-state index contributed by atoms with van der Waals surface area (Å²) in [5.74, 6) is 2.28. The maximum absolute atomic E-state index is 12.0. The van der Waals surface area contributed by atoms with Gasteiger partial charge in [-0.2, -0.15) is 0 Å². The van der Waals surface area contributed by atoms with Gasteiger partial charge in [-0.3, -0.25) is 4.79 Å². The smallest absolute Gasteiger partial charge is 0.220 e. The van der Waals surface area contributed by atoms with Crippen molar-refractivity contribution in [2.24, 2.45) is 0 Å². The molecule has 0 spiro atoms. The molecule has 5 nitrogen and oxygen atoms in total. The van der Waals surface area contributed by atoms with Crippen molar-refractivity contribution in [2.75, 3.05) is 20.3 Å². The second-order valence-electron chi connectivity index (χ2n) is 5.65. The number of para-hydroxylation sites is 2. The van der Waals surface area contributed by atoms with Crippen molar-refractivity contribution in [1.82, 2.24) is 5.32 Å². The van der Waals surface area contributed by atoms with Gasteiger partial charge in [0.1, 0.15) is 18.5 Å². The van der Waals surface area contributed by atoms with Crippen LogP contribution in [0.1, 0.15) is 12.0 Å². The summed E-state index contributed by atoms with van der Waals surface area (Å²) in [4.78, 5) is 12.0. The van der Waals surface area contributed by atoms with Gasteiger partial charge in [0.05, 0.1) is 13.7 Å². The van der Waals surface area contributed by atoms with Gasteiger partial charge in [0.15, 0.2) is 11.5 Å². The first-order chi connectivity index (χ1) is 11.7. The van der Waals surface area contributed by atoms with Crippen molar-refractivity contribution >= 4 is 5.91 Å². The Kier molecular flexibility index (Phi) is 5.21. The first-order valence-electron chi connectivity index (χ1n) is 8.02. The highest BCUT2D eigenvalue weighted by Gasteiger charge is 2.20. The van der Waals surface area contributed by atoms with E-state index in [1.807, 2.05) is 48.5 Å². The lowest BCUT2D eigenvalue weighted by Crippen LogP contribution is -2.40. The van der Waals surface area contributed by atoms with Crippen LogP contribution in [0.25, 0.3) is 0 Å². The van der Waals surface area contributed by atoms with E-state index in [4.69, 9.17) is 14.2 Å². The van der Waals surface area contributed by atoms with Crippen LogP contribution >= 0.6 is 0 Å². The summed E-state index contributed by atoms with van der Waals surface area (Å²) in [6, 6.07) is 15.3. The first kappa shape index (κ1) is 16.2. The van der Waals surface area contributed by atoms with E-state index in [2.05, 4.69) is 5.32 Å². The maximum atomic E-state index is 12.0. The second-order valence-corrected chi connectivity index (χ2v) is 5.65. The zero-order valence-electron chi connectivity index (χ0n) is 13.7. The SMILES string of the molecule is COc1cccc(CCC(=O)NCC2COc3ccccc3O2)c1. The summed E-state index contributed by atoms with van der Waals surface area (Å²) in [5, 5.41) is 2.91. The van der Waals surface area contributed by atoms with Gasteiger partial charge in [0.25, 0.3) is 0 Å². The number of hydrogen-bond donors (Lipinski definition) is 1. The molecule has 1 heterocycles. The van der Waals surface area contributed by atoms with Gasteiger partial charge < -0.3 is 19.5 Å². The number of ether oxygens (including phenoxy) is 3. The molecule has 0 fully saturated rings. The fourth-order valence-corrected chi connectivity index (χ4v) is 2.57. The Labute approximate surface area is 141 Å². The molecule has 2 aromatic rings. The molecule has 3 rings (SSSR count). The van der Waals surface area contributed by atoms with Crippen LogP contribution < -0.4 is 19.5 Å². The number of aryl methyl sites for hydroxylation is 1. The number of fused-ring (bicyclic) bond motifs is 1. The average Bonchev–Trinajstić information content (AvgIpc) is 2.64. The van der Waals surface area contributed by atoms with E-state index in [9.17, 15) is 4.79 Å². The highest BCUT2D eigenvalue weighted by Crippen LogP contribution is 2.30.